The molecule has 1 heterocycles. The summed E-state index contributed by atoms with van der Waals surface area (Å²) >= 11 is 0. The molecule has 0 aromatic heterocycles. The molecule has 2 amide bonds. The second-order valence-electron chi connectivity index (χ2n) is 4.61. The van der Waals surface area contributed by atoms with Gasteiger partial charge in [-0.15, -0.1) is 0 Å². The summed E-state index contributed by atoms with van der Waals surface area (Å²) in [5.74, 6) is -0.0126. The third-order valence-electron chi connectivity index (χ3n) is 3.36. The van der Waals surface area contributed by atoms with E-state index in [9.17, 15) is 9.59 Å². The van der Waals surface area contributed by atoms with Gasteiger partial charge in [-0.3, -0.25) is 9.59 Å². The topological polar surface area (TPSA) is 49.4 Å². The highest BCUT2D eigenvalue weighted by molar-refractivity contribution is 5.75. The van der Waals surface area contributed by atoms with Gasteiger partial charge in [-0.1, -0.05) is 24.3 Å². The van der Waals surface area contributed by atoms with Crippen molar-refractivity contribution in [3.63, 3.8) is 0 Å². The van der Waals surface area contributed by atoms with Gasteiger partial charge in [0.25, 0.3) is 0 Å². The van der Waals surface area contributed by atoms with Gasteiger partial charge in [0.05, 0.1) is 6.04 Å². The van der Waals surface area contributed by atoms with Gasteiger partial charge in [-0.2, -0.15) is 0 Å². The lowest BCUT2D eigenvalue weighted by atomic mass is 9.92. The summed E-state index contributed by atoms with van der Waals surface area (Å²) in [5, 5.41) is 2.81. The summed E-state index contributed by atoms with van der Waals surface area (Å²) in [5.41, 5.74) is 2.41. The van der Waals surface area contributed by atoms with Crippen LogP contribution in [0.15, 0.2) is 24.3 Å². The standard InChI is InChI=1S/C14H18N2O2/c1-10(17)15-9-14-13-6-4-3-5-12(13)7-8-16(14)11(2)18/h3-6,14H,7-9H2,1-2H3,(H,15,17)/t14-/m1/s1. The summed E-state index contributed by atoms with van der Waals surface area (Å²) in [6, 6.07) is 8.07. The molecule has 1 aliphatic heterocycles. The van der Waals surface area contributed by atoms with E-state index in [0.717, 1.165) is 18.5 Å². The molecular weight excluding hydrogens is 228 g/mol. The van der Waals surface area contributed by atoms with Crippen molar-refractivity contribution >= 4 is 11.8 Å². The van der Waals surface area contributed by atoms with Crippen molar-refractivity contribution in [1.82, 2.24) is 10.2 Å². The monoisotopic (exact) mass is 246 g/mol. The summed E-state index contributed by atoms with van der Waals surface area (Å²) in [4.78, 5) is 24.6. The normalized spacial score (nSPS) is 18.1. The van der Waals surface area contributed by atoms with Gasteiger partial charge in [-0.25, -0.2) is 0 Å². The van der Waals surface area contributed by atoms with Crippen LogP contribution in [0.1, 0.15) is 31.0 Å². The molecule has 0 unspecified atom stereocenters. The van der Waals surface area contributed by atoms with E-state index in [0.29, 0.717) is 6.54 Å². The maximum absolute atomic E-state index is 11.7. The van der Waals surface area contributed by atoms with E-state index in [4.69, 9.17) is 0 Å². The maximum atomic E-state index is 11.7. The van der Waals surface area contributed by atoms with Crippen molar-refractivity contribution in [3.8, 4) is 0 Å². The second kappa shape index (κ2) is 5.21. The van der Waals surface area contributed by atoms with Gasteiger partial charge >= 0.3 is 0 Å². The van der Waals surface area contributed by atoms with Crippen LogP contribution in [0.4, 0.5) is 0 Å². The van der Waals surface area contributed by atoms with E-state index in [1.54, 1.807) is 6.92 Å². The lowest BCUT2D eigenvalue weighted by Crippen LogP contribution is -2.43. The number of hydrogen-bond acceptors (Lipinski definition) is 2. The molecule has 0 radical (unpaired) electrons. The molecule has 1 N–H and O–H groups in total. The Bertz CT molecular complexity index is 471. The Kier molecular flexibility index (Phi) is 3.65. The van der Waals surface area contributed by atoms with Gasteiger partial charge in [0.15, 0.2) is 0 Å². The lowest BCUT2D eigenvalue weighted by molar-refractivity contribution is -0.132. The van der Waals surface area contributed by atoms with Crippen LogP contribution in [0, 0.1) is 0 Å². The quantitative estimate of drug-likeness (QED) is 0.854. The molecule has 0 saturated carbocycles. The third kappa shape index (κ3) is 2.53. The van der Waals surface area contributed by atoms with Crippen molar-refractivity contribution in [3.05, 3.63) is 35.4 Å². The van der Waals surface area contributed by atoms with Crippen LogP contribution < -0.4 is 5.32 Å². The van der Waals surface area contributed by atoms with Crippen LogP contribution in [0.25, 0.3) is 0 Å². The fraction of sp³-hybridized carbons (Fsp3) is 0.429. The number of nitrogens with one attached hydrogen (secondary N) is 1. The Morgan fingerprint density at radius 2 is 2.06 bits per heavy atom. The van der Waals surface area contributed by atoms with Crippen LogP contribution in [-0.2, 0) is 16.0 Å². The molecule has 1 aromatic rings. The number of hydrogen-bond donors (Lipinski definition) is 1. The molecule has 1 aromatic carbocycles. The average molecular weight is 246 g/mol. The van der Waals surface area contributed by atoms with Crippen molar-refractivity contribution in [2.75, 3.05) is 13.1 Å². The average Bonchev–Trinajstić information content (AvgIpc) is 2.35. The second-order valence-corrected chi connectivity index (χ2v) is 4.61. The highest BCUT2D eigenvalue weighted by Gasteiger charge is 2.28. The Balaban J connectivity index is 2.28. The van der Waals surface area contributed by atoms with Gasteiger partial charge in [0, 0.05) is 26.9 Å². The number of rotatable bonds is 2. The molecular formula is C14H18N2O2. The third-order valence-corrected chi connectivity index (χ3v) is 3.36. The van der Waals surface area contributed by atoms with Crippen molar-refractivity contribution in [2.45, 2.75) is 26.3 Å². The Morgan fingerprint density at radius 1 is 1.33 bits per heavy atom. The first-order valence-corrected chi connectivity index (χ1v) is 6.19. The summed E-state index contributed by atoms with van der Waals surface area (Å²) in [6.45, 7) is 4.27. The Hall–Kier alpha value is -1.84. The summed E-state index contributed by atoms with van der Waals surface area (Å²) in [7, 11) is 0. The molecule has 0 bridgehead atoms. The fourth-order valence-electron chi connectivity index (χ4n) is 2.49. The molecule has 4 heteroatoms. The van der Waals surface area contributed by atoms with Crippen LogP contribution >= 0.6 is 0 Å². The Morgan fingerprint density at radius 3 is 2.72 bits per heavy atom. The number of amides is 2. The van der Waals surface area contributed by atoms with Crippen molar-refractivity contribution in [2.24, 2.45) is 0 Å². The molecule has 4 nitrogen and oxygen atoms in total. The molecule has 2 rings (SSSR count). The molecule has 18 heavy (non-hydrogen) atoms. The SMILES string of the molecule is CC(=O)NC[C@@H]1c2ccccc2CCN1C(C)=O. The van der Waals surface area contributed by atoms with Gasteiger partial charge < -0.3 is 10.2 Å². The number of nitrogens with zero attached hydrogens (tertiary/aromatic N) is 1. The lowest BCUT2D eigenvalue weighted by Gasteiger charge is -2.36. The highest BCUT2D eigenvalue weighted by Crippen LogP contribution is 2.29. The zero-order valence-corrected chi connectivity index (χ0v) is 10.8. The number of fused-ring (bicyclic) bond motifs is 1. The van der Waals surface area contributed by atoms with Crippen LogP contribution in [-0.4, -0.2) is 29.8 Å². The molecule has 0 spiro atoms. The van der Waals surface area contributed by atoms with Crippen molar-refractivity contribution < 1.29 is 9.59 Å². The first-order valence-electron chi connectivity index (χ1n) is 6.19. The van der Waals surface area contributed by atoms with E-state index in [2.05, 4.69) is 11.4 Å². The van der Waals surface area contributed by atoms with E-state index in [1.807, 2.05) is 23.1 Å². The predicted octanol–water partition coefficient (Wildman–Crippen LogP) is 1.27. The van der Waals surface area contributed by atoms with Gasteiger partial charge in [-0.05, 0) is 17.5 Å². The number of carbonyl (C=O) groups is 2. The minimum absolute atomic E-state index is 0.0450. The van der Waals surface area contributed by atoms with E-state index < -0.39 is 0 Å². The Labute approximate surface area is 107 Å². The maximum Gasteiger partial charge on any atom is 0.220 e. The number of benzene rings is 1. The summed E-state index contributed by atoms with van der Waals surface area (Å²) < 4.78 is 0. The molecule has 1 atom stereocenters. The number of carbonyl (C=O) groups excluding carboxylic acids is 2. The van der Waals surface area contributed by atoms with E-state index in [-0.39, 0.29) is 17.9 Å². The van der Waals surface area contributed by atoms with Crippen molar-refractivity contribution in [1.29, 1.82) is 0 Å². The minimum atomic E-state index is -0.0680. The van der Waals surface area contributed by atoms with Gasteiger partial charge in [0.1, 0.15) is 0 Å². The zero-order chi connectivity index (χ0) is 13.1. The minimum Gasteiger partial charge on any atom is -0.354 e. The summed E-state index contributed by atoms with van der Waals surface area (Å²) in [6.07, 6.45) is 0.881. The van der Waals surface area contributed by atoms with Gasteiger partial charge in [0.2, 0.25) is 11.8 Å². The molecule has 0 aliphatic carbocycles. The van der Waals surface area contributed by atoms with E-state index >= 15 is 0 Å². The predicted molar refractivity (Wildman–Crippen MR) is 69.0 cm³/mol. The van der Waals surface area contributed by atoms with E-state index in [1.165, 1.54) is 12.5 Å². The van der Waals surface area contributed by atoms with Crippen LogP contribution in [0.5, 0.6) is 0 Å². The van der Waals surface area contributed by atoms with Crippen LogP contribution in [0.3, 0.4) is 0 Å². The molecule has 0 fully saturated rings. The largest absolute Gasteiger partial charge is 0.354 e. The highest BCUT2D eigenvalue weighted by atomic mass is 16.2. The molecule has 1 aliphatic rings. The zero-order valence-electron chi connectivity index (χ0n) is 10.8. The molecule has 96 valence electrons. The molecule has 0 saturated heterocycles. The van der Waals surface area contributed by atoms with Crippen LogP contribution in [0.2, 0.25) is 0 Å². The smallest absolute Gasteiger partial charge is 0.220 e. The fourth-order valence-corrected chi connectivity index (χ4v) is 2.49. The first kappa shape index (κ1) is 12.6. The first-order chi connectivity index (χ1) is 8.59.